The Morgan fingerprint density at radius 1 is 1.16 bits per heavy atom. The topological polar surface area (TPSA) is 79.0 Å². The van der Waals surface area contributed by atoms with Gasteiger partial charge in [-0.05, 0) is 87.8 Å². The van der Waals surface area contributed by atoms with Gasteiger partial charge in [-0.25, -0.2) is 0 Å². The number of benzene rings is 1. The molecule has 1 fully saturated rings. The number of ketones is 2. The van der Waals surface area contributed by atoms with Crippen LogP contribution in [0.15, 0.2) is 42.6 Å². The van der Waals surface area contributed by atoms with Gasteiger partial charge in [0.2, 0.25) is 0 Å². The van der Waals surface area contributed by atoms with E-state index in [0.717, 1.165) is 48.4 Å². The zero-order valence-electron chi connectivity index (χ0n) is 18.5. The van der Waals surface area contributed by atoms with Crippen molar-refractivity contribution in [2.24, 2.45) is 0 Å². The minimum Gasteiger partial charge on any atom is -0.312 e. The number of carbonyl (C=O) groups excluding carboxylic acids is 2. The lowest BCUT2D eigenvalue weighted by Crippen LogP contribution is -2.34. The first-order valence-electron chi connectivity index (χ1n) is 10.9. The summed E-state index contributed by atoms with van der Waals surface area (Å²) in [4.78, 5) is 31.6. The van der Waals surface area contributed by atoms with Crippen molar-refractivity contribution in [3.63, 3.8) is 0 Å². The molecule has 0 bridgehead atoms. The molecular weight excluding hydrogens is 400 g/mol. The molecule has 162 valence electrons. The predicted molar refractivity (Wildman–Crippen MR) is 125 cm³/mol. The Labute approximate surface area is 187 Å². The van der Waals surface area contributed by atoms with Crippen molar-refractivity contribution in [1.29, 1.82) is 5.26 Å². The summed E-state index contributed by atoms with van der Waals surface area (Å²) in [5, 5.41) is 9.15. The number of carbonyl (C=O) groups is 2. The highest BCUT2D eigenvalue weighted by Gasteiger charge is 2.24. The van der Waals surface area contributed by atoms with Crippen LogP contribution in [0.25, 0.3) is 22.8 Å². The number of hydrogen-bond acceptors (Lipinski definition) is 5. The average molecular weight is 427 g/mol. The molecule has 0 saturated carbocycles. The van der Waals surface area contributed by atoms with Crippen LogP contribution in [0.3, 0.4) is 0 Å². The number of pyridine rings is 1. The van der Waals surface area contributed by atoms with Gasteiger partial charge in [0.25, 0.3) is 0 Å². The number of Topliss-reactive ketones (excluding diaryl/α,β-unsaturated/α-hetero) is 1. The van der Waals surface area contributed by atoms with Crippen molar-refractivity contribution in [1.82, 2.24) is 14.5 Å². The number of hydrogen-bond donors (Lipinski definition) is 0. The molecule has 0 unspecified atom stereocenters. The average Bonchev–Trinajstić information content (AvgIpc) is 3.09. The van der Waals surface area contributed by atoms with Crippen molar-refractivity contribution >= 4 is 28.7 Å². The smallest absolute Gasteiger partial charge is 0.180 e. The molecule has 0 N–H and O–H groups in total. The quantitative estimate of drug-likeness (QED) is 0.429. The molecule has 6 nitrogen and oxygen atoms in total. The van der Waals surface area contributed by atoms with Gasteiger partial charge in [-0.1, -0.05) is 6.42 Å². The first-order valence-corrected chi connectivity index (χ1v) is 10.9. The fourth-order valence-corrected chi connectivity index (χ4v) is 4.35. The summed E-state index contributed by atoms with van der Waals surface area (Å²) in [5.74, 6) is 0.0301. The van der Waals surface area contributed by atoms with Crippen molar-refractivity contribution < 1.29 is 9.59 Å². The lowest BCUT2D eigenvalue weighted by atomic mass is 10.1. The molecule has 1 aromatic carbocycles. The molecule has 6 heteroatoms. The van der Waals surface area contributed by atoms with Crippen LogP contribution in [-0.4, -0.2) is 45.7 Å². The Bertz CT molecular complexity index is 1240. The second kappa shape index (κ2) is 9.29. The molecule has 32 heavy (non-hydrogen) atoms. The van der Waals surface area contributed by atoms with Crippen molar-refractivity contribution in [2.45, 2.75) is 33.1 Å². The first kappa shape index (κ1) is 21.7. The van der Waals surface area contributed by atoms with Crippen molar-refractivity contribution in [3.05, 3.63) is 65.0 Å². The van der Waals surface area contributed by atoms with Gasteiger partial charge in [0.1, 0.15) is 0 Å². The van der Waals surface area contributed by atoms with Gasteiger partial charge >= 0.3 is 0 Å². The number of nitrogens with zero attached hydrogens (tertiary/aromatic N) is 4. The number of piperidine rings is 1. The molecule has 0 spiro atoms. The van der Waals surface area contributed by atoms with Gasteiger partial charge in [0.15, 0.2) is 11.6 Å². The summed E-state index contributed by atoms with van der Waals surface area (Å²) < 4.78 is 2.01. The van der Waals surface area contributed by atoms with E-state index in [2.05, 4.69) is 16.0 Å². The second-order valence-corrected chi connectivity index (χ2v) is 8.29. The van der Waals surface area contributed by atoms with Crippen LogP contribution in [0.5, 0.6) is 0 Å². The normalized spacial score (nSPS) is 14.7. The molecule has 0 amide bonds. The highest BCUT2D eigenvalue weighted by Crippen LogP contribution is 2.30. The van der Waals surface area contributed by atoms with Crippen LogP contribution >= 0.6 is 0 Å². The fourth-order valence-electron chi connectivity index (χ4n) is 4.35. The third-order valence-corrected chi connectivity index (χ3v) is 5.92. The van der Waals surface area contributed by atoms with Crippen LogP contribution < -0.4 is 0 Å². The Morgan fingerprint density at radius 2 is 1.88 bits per heavy atom. The maximum Gasteiger partial charge on any atom is 0.180 e. The number of nitriles is 1. The molecule has 1 aliphatic rings. The second-order valence-electron chi connectivity index (χ2n) is 8.29. The molecule has 3 aromatic rings. The Kier molecular flexibility index (Phi) is 6.29. The van der Waals surface area contributed by atoms with E-state index in [1.165, 1.54) is 19.4 Å². The molecule has 0 radical (unpaired) electrons. The maximum atomic E-state index is 13.4. The van der Waals surface area contributed by atoms with Gasteiger partial charge in [0.05, 0.1) is 34.8 Å². The predicted octanol–water partition coefficient (Wildman–Crippen LogP) is 4.48. The van der Waals surface area contributed by atoms with Gasteiger partial charge in [-0.3, -0.25) is 19.5 Å². The zero-order chi connectivity index (χ0) is 22.7. The molecule has 0 aliphatic carbocycles. The first-order chi connectivity index (χ1) is 15.5. The van der Waals surface area contributed by atoms with E-state index in [1.54, 1.807) is 24.4 Å². The Balaban J connectivity index is 1.84. The van der Waals surface area contributed by atoms with Crippen LogP contribution in [0.2, 0.25) is 0 Å². The van der Waals surface area contributed by atoms with E-state index in [9.17, 15) is 9.59 Å². The van der Waals surface area contributed by atoms with Gasteiger partial charge in [-0.15, -0.1) is 0 Å². The van der Waals surface area contributed by atoms with Crippen molar-refractivity contribution in [3.8, 4) is 11.8 Å². The van der Waals surface area contributed by atoms with Gasteiger partial charge < -0.3 is 4.57 Å². The number of rotatable bonds is 6. The minimum atomic E-state index is -0.0406. The van der Waals surface area contributed by atoms with E-state index in [1.807, 2.05) is 29.7 Å². The lowest BCUT2D eigenvalue weighted by Gasteiger charge is -2.25. The van der Waals surface area contributed by atoms with Crippen LogP contribution in [-0.2, 0) is 4.79 Å². The third kappa shape index (κ3) is 4.39. The van der Waals surface area contributed by atoms with Gasteiger partial charge in [0, 0.05) is 17.6 Å². The Hall–Kier alpha value is -3.56. The molecule has 3 heterocycles. The third-order valence-electron chi connectivity index (χ3n) is 5.92. The molecule has 4 rings (SSSR count). The summed E-state index contributed by atoms with van der Waals surface area (Å²) in [7, 11) is 0. The summed E-state index contributed by atoms with van der Waals surface area (Å²) in [6.45, 7) is 5.73. The number of aromatic nitrogens is 2. The standard InChI is InChI=1S/C26H26N4O2/c1-18(31)6-7-21-14-23-26(28-16-21)25(24(32)17-29-12-4-3-5-13-29)19(2)30(23)22-10-8-20(15-27)9-11-22/h6-11,14,16H,3-5,12-13,17H2,1-2H3/b7-6+. The summed E-state index contributed by atoms with van der Waals surface area (Å²) in [5.41, 5.74) is 5.15. The van der Waals surface area contributed by atoms with Crippen molar-refractivity contribution in [2.75, 3.05) is 19.6 Å². The maximum absolute atomic E-state index is 13.4. The largest absolute Gasteiger partial charge is 0.312 e. The summed E-state index contributed by atoms with van der Waals surface area (Å²) >= 11 is 0. The summed E-state index contributed by atoms with van der Waals surface area (Å²) in [6, 6.07) is 11.4. The molecule has 1 saturated heterocycles. The lowest BCUT2D eigenvalue weighted by molar-refractivity contribution is -0.112. The van der Waals surface area contributed by atoms with Crippen LogP contribution in [0, 0.1) is 18.3 Å². The SMILES string of the molecule is CC(=O)/C=C/c1cnc2c(C(=O)CN3CCCCC3)c(C)n(-c3ccc(C#N)cc3)c2c1. The van der Waals surface area contributed by atoms with E-state index in [-0.39, 0.29) is 11.6 Å². The molecule has 1 aliphatic heterocycles. The number of likely N-dealkylation sites (tertiary alicyclic amines) is 1. The fraction of sp³-hybridized carbons (Fsp3) is 0.308. The van der Waals surface area contributed by atoms with E-state index in [4.69, 9.17) is 5.26 Å². The van der Waals surface area contributed by atoms with Gasteiger partial charge in [-0.2, -0.15) is 5.26 Å². The number of allylic oxidation sites excluding steroid dienone is 1. The number of fused-ring (bicyclic) bond motifs is 1. The van der Waals surface area contributed by atoms with Crippen LogP contribution in [0.1, 0.15) is 53.4 Å². The van der Waals surface area contributed by atoms with E-state index < -0.39 is 0 Å². The highest BCUT2D eigenvalue weighted by molar-refractivity contribution is 6.09. The summed E-state index contributed by atoms with van der Waals surface area (Å²) in [6.07, 6.45) is 8.41. The van der Waals surface area contributed by atoms with E-state index >= 15 is 0 Å². The van der Waals surface area contributed by atoms with Crippen LogP contribution in [0.4, 0.5) is 0 Å². The molecular formula is C26H26N4O2. The molecule has 0 atom stereocenters. The highest BCUT2D eigenvalue weighted by atomic mass is 16.1. The minimum absolute atomic E-state index is 0.0406. The molecule has 2 aromatic heterocycles. The Morgan fingerprint density at radius 3 is 2.53 bits per heavy atom. The monoisotopic (exact) mass is 426 g/mol. The van der Waals surface area contributed by atoms with E-state index in [0.29, 0.717) is 23.2 Å². The zero-order valence-corrected chi connectivity index (χ0v) is 18.5.